The van der Waals surface area contributed by atoms with Crippen LogP contribution in [0.1, 0.15) is 114 Å². The van der Waals surface area contributed by atoms with Gasteiger partial charge in [-0.3, -0.25) is 4.57 Å². The van der Waals surface area contributed by atoms with Crippen LogP contribution in [0.4, 0.5) is 22.7 Å². The van der Waals surface area contributed by atoms with Gasteiger partial charge in [0.05, 0.1) is 22.4 Å². The summed E-state index contributed by atoms with van der Waals surface area (Å²) in [6.07, 6.45) is 1.94. The molecule has 348 valence electrons. The lowest BCUT2D eigenvalue weighted by Crippen LogP contribution is -2.26. The highest BCUT2D eigenvalue weighted by atomic mass is 16.5. The van der Waals surface area contributed by atoms with Crippen LogP contribution >= 0.6 is 0 Å². The van der Waals surface area contributed by atoms with Crippen LogP contribution in [0.15, 0.2) is 164 Å². The van der Waals surface area contributed by atoms with Gasteiger partial charge in [0.25, 0.3) is 0 Å². The smallest absolute Gasteiger partial charge is 0.137 e. The second-order valence-corrected chi connectivity index (χ2v) is 22.2. The standard InChI is InChI=1S/C64H66N4O/c1-41(2)53-22-16-17-23-54(53)44-32-49(38-52(33-44)69-51-26-27-56-55-24-18-19-25-57(55)68(58(56)39-51)61-37-46(28-29-65-61)62(5,6)7)66-40-67(60-31-43(4)42(3)30-59(60)66)50-35-47(63(8,9)10)34-48(36-50)64(11,12)45-20-14-13-15-21-45/h13-39,41H,40H2,1-12H3. The van der Waals surface area contributed by atoms with Gasteiger partial charge in [0.2, 0.25) is 0 Å². The Morgan fingerprint density at radius 3 is 1.83 bits per heavy atom. The van der Waals surface area contributed by atoms with E-state index in [0.29, 0.717) is 12.6 Å². The first kappa shape index (κ1) is 45.7. The van der Waals surface area contributed by atoms with Gasteiger partial charge in [-0.1, -0.05) is 148 Å². The van der Waals surface area contributed by atoms with Gasteiger partial charge in [0.15, 0.2) is 0 Å². The molecule has 0 bridgehead atoms. The van der Waals surface area contributed by atoms with Gasteiger partial charge in [-0.05, 0) is 147 Å². The number of nitrogens with zero attached hydrogens (tertiary/aromatic N) is 4. The number of rotatable bonds is 9. The summed E-state index contributed by atoms with van der Waals surface area (Å²) in [5, 5.41) is 2.34. The number of benzene rings is 7. The highest BCUT2D eigenvalue weighted by molar-refractivity contribution is 6.09. The van der Waals surface area contributed by atoms with Crippen molar-refractivity contribution in [3.8, 4) is 28.4 Å². The zero-order chi connectivity index (χ0) is 48.6. The third kappa shape index (κ3) is 8.47. The van der Waals surface area contributed by atoms with Crippen LogP contribution in [0.2, 0.25) is 0 Å². The molecule has 0 aliphatic carbocycles. The molecule has 7 aromatic carbocycles. The molecule has 0 fully saturated rings. The number of fused-ring (bicyclic) bond motifs is 4. The van der Waals surface area contributed by atoms with E-state index in [-0.39, 0.29) is 16.2 Å². The van der Waals surface area contributed by atoms with Crippen LogP contribution in [0, 0.1) is 13.8 Å². The first-order chi connectivity index (χ1) is 32.8. The number of aryl methyl sites for hydroxylation is 2. The van der Waals surface area contributed by atoms with Crippen LogP contribution in [-0.2, 0) is 16.2 Å². The third-order valence-corrected chi connectivity index (χ3v) is 14.6. The van der Waals surface area contributed by atoms with Crippen molar-refractivity contribution in [2.24, 2.45) is 0 Å². The van der Waals surface area contributed by atoms with Crippen LogP contribution in [0.3, 0.4) is 0 Å². The minimum absolute atomic E-state index is 0.0231. The first-order valence-corrected chi connectivity index (χ1v) is 24.7. The Hall–Kier alpha value is -7.11. The van der Waals surface area contributed by atoms with Gasteiger partial charge in [0.1, 0.15) is 24.0 Å². The number of pyridine rings is 1. The average Bonchev–Trinajstić information content (AvgIpc) is 3.86. The SMILES string of the molecule is Cc1cc2c(cc1C)N(c1cc(C(C)(C)C)cc(C(C)(C)c3ccccc3)c1)CN2c1cc(Oc2ccc3c4ccccc4n(-c4cc(C(C)(C)C)ccn4)c3c2)cc(-c2ccccc2C(C)C)c1. The van der Waals surface area contributed by atoms with E-state index in [4.69, 9.17) is 9.72 Å². The van der Waals surface area contributed by atoms with Crippen molar-refractivity contribution in [3.05, 3.63) is 203 Å². The van der Waals surface area contributed by atoms with E-state index in [1.54, 1.807) is 0 Å². The molecule has 2 aromatic heterocycles. The summed E-state index contributed by atoms with van der Waals surface area (Å²) in [4.78, 5) is 9.95. The molecule has 69 heavy (non-hydrogen) atoms. The minimum atomic E-state index is -0.211. The van der Waals surface area contributed by atoms with E-state index in [1.165, 1.54) is 67.0 Å². The van der Waals surface area contributed by atoms with Crippen LogP contribution < -0.4 is 14.5 Å². The molecule has 0 amide bonds. The fourth-order valence-electron chi connectivity index (χ4n) is 10.2. The lowest BCUT2D eigenvalue weighted by Gasteiger charge is -2.32. The summed E-state index contributed by atoms with van der Waals surface area (Å²) < 4.78 is 9.42. The first-order valence-electron chi connectivity index (χ1n) is 24.7. The molecule has 0 atom stereocenters. The van der Waals surface area contributed by atoms with Gasteiger partial charge in [-0.2, -0.15) is 0 Å². The molecule has 9 aromatic rings. The number of hydrogen-bond donors (Lipinski definition) is 0. The maximum Gasteiger partial charge on any atom is 0.137 e. The third-order valence-electron chi connectivity index (χ3n) is 14.6. The number of aromatic nitrogens is 2. The molecule has 0 unspecified atom stereocenters. The van der Waals surface area contributed by atoms with Crippen LogP contribution in [-0.4, -0.2) is 16.2 Å². The Kier molecular flexibility index (Phi) is 11.3. The fourth-order valence-corrected chi connectivity index (χ4v) is 10.2. The molecule has 5 nitrogen and oxygen atoms in total. The van der Waals surface area contributed by atoms with Crippen molar-refractivity contribution in [1.82, 2.24) is 9.55 Å². The largest absolute Gasteiger partial charge is 0.457 e. The monoisotopic (exact) mass is 907 g/mol. The average molecular weight is 907 g/mol. The number of anilines is 4. The highest BCUT2D eigenvalue weighted by Gasteiger charge is 2.33. The molecular weight excluding hydrogens is 841 g/mol. The Balaban J connectivity index is 1.12. The Morgan fingerprint density at radius 1 is 0.507 bits per heavy atom. The lowest BCUT2D eigenvalue weighted by molar-refractivity contribution is 0.483. The van der Waals surface area contributed by atoms with E-state index in [2.05, 4.69) is 255 Å². The van der Waals surface area contributed by atoms with Gasteiger partial charge in [0, 0.05) is 45.9 Å². The molecule has 1 aliphatic heterocycles. The molecule has 5 heteroatoms. The van der Waals surface area contributed by atoms with Crippen LogP contribution in [0.5, 0.6) is 11.5 Å². The molecule has 3 heterocycles. The van der Waals surface area contributed by atoms with E-state index in [9.17, 15) is 0 Å². The predicted octanol–water partition coefficient (Wildman–Crippen LogP) is 17.5. The Bertz CT molecular complexity index is 3400. The maximum atomic E-state index is 7.13. The second-order valence-electron chi connectivity index (χ2n) is 22.2. The minimum Gasteiger partial charge on any atom is -0.457 e. The van der Waals surface area contributed by atoms with Crippen molar-refractivity contribution in [2.45, 2.75) is 105 Å². The summed E-state index contributed by atoms with van der Waals surface area (Å²) >= 11 is 0. The van der Waals surface area contributed by atoms with E-state index in [0.717, 1.165) is 45.0 Å². The molecule has 0 saturated heterocycles. The lowest BCUT2D eigenvalue weighted by atomic mass is 9.75. The molecule has 0 saturated carbocycles. The summed E-state index contributed by atoms with van der Waals surface area (Å²) in [5.41, 5.74) is 17.9. The Morgan fingerprint density at radius 2 is 1.13 bits per heavy atom. The van der Waals surface area contributed by atoms with Crippen molar-refractivity contribution in [1.29, 1.82) is 0 Å². The summed E-state index contributed by atoms with van der Waals surface area (Å²) in [6.45, 7) is 28.1. The van der Waals surface area contributed by atoms with Gasteiger partial charge in [-0.15, -0.1) is 0 Å². The van der Waals surface area contributed by atoms with Crippen molar-refractivity contribution < 1.29 is 4.74 Å². The van der Waals surface area contributed by atoms with Crippen molar-refractivity contribution >= 4 is 44.6 Å². The number of hydrogen-bond acceptors (Lipinski definition) is 4. The number of ether oxygens (including phenoxy) is 1. The zero-order valence-corrected chi connectivity index (χ0v) is 42.6. The quantitative estimate of drug-likeness (QED) is 0.144. The van der Waals surface area contributed by atoms with Gasteiger partial charge < -0.3 is 14.5 Å². The molecule has 10 rings (SSSR count). The number of para-hydroxylation sites is 1. The summed E-state index contributed by atoms with van der Waals surface area (Å²) in [6, 6.07) is 58.1. The summed E-state index contributed by atoms with van der Waals surface area (Å²) in [5.74, 6) is 2.77. The fraction of sp³-hybridized carbons (Fsp3) is 0.266. The van der Waals surface area contributed by atoms with Crippen molar-refractivity contribution in [3.63, 3.8) is 0 Å². The molecule has 0 radical (unpaired) electrons. The van der Waals surface area contributed by atoms with Gasteiger partial charge >= 0.3 is 0 Å². The molecule has 1 aliphatic rings. The van der Waals surface area contributed by atoms with E-state index in [1.807, 2.05) is 6.20 Å². The topological polar surface area (TPSA) is 33.5 Å². The summed E-state index contributed by atoms with van der Waals surface area (Å²) in [7, 11) is 0. The second kappa shape index (κ2) is 17.1. The van der Waals surface area contributed by atoms with Gasteiger partial charge in [-0.25, -0.2) is 4.98 Å². The normalized spacial score (nSPS) is 13.2. The van der Waals surface area contributed by atoms with Crippen LogP contribution in [0.25, 0.3) is 38.8 Å². The van der Waals surface area contributed by atoms with Crippen molar-refractivity contribution in [2.75, 3.05) is 16.5 Å². The van der Waals surface area contributed by atoms with E-state index >= 15 is 0 Å². The molecule has 0 N–H and O–H groups in total. The Labute approximate surface area is 410 Å². The zero-order valence-electron chi connectivity index (χ0n) is 42.6. The molecule has 0 spiro atoms. The highest BCUT2D eigenvalue weighted by Crippen LogP contribution is 2.49. The van der Waals surface area contributed by atoms with E-state index < -0.39 is 0 Å². The predicted molar refractivity (Wildman–Crippen MR) is 292 cm³/mol. The molecular formula is C64H66N4O. The maximum absolute atomic E-state index is 7.13.